The summed E-state index contributed by atoms with van der Waals surface area (Å²) in [5.41, 5.74) is 3.74. The Balaban J connectivity index is 2.89. The van der Waals surface area contributed by atoms with Crippen LogP contribution in [0, 0.1) is 12.8 Å². The van der Waals surface area contributed by atoms with E-state index in [-0.39, 0.29) is 5.91 Å². The van der Waals surface area contributed by atoms with Gasteiger partial charge in [-0.1, -0.05) is 25.4 Å². The number of halogens is 1. The third-order valence-electron chi connectivity index (χ3n) is 2.25. The number of nitrogens with zero attached hydrogens (tertiary/aromatic N) is 2. The number of hydroxylamine groups is 1. The molecule has 0 aromatic carbocycles. The van der Waals surface area contributed by atoms with Crippen molar-refractivity contribution in [2.75, 3.05) is 7.11 Å². The zero-order valence-electron chi connectivity index (χ0n) is 11.0. The minimum Gasteiger partial charge on any atom is -0.277 e. The van der Waals surface area contributed by atoms with Gasteiger partial charge in [0, 0.05) is 18.2 Å². The van der Waals surface area contributed by atoms with E-state index in [9.17, 15) is 4.79 Å². The van der Waals surface area contributed by atoms with Gasteiger partial charge in [-0.3, -0.25) is 14.3 Å². The summed E-state index contributed by atoms with van der Waals surface area (Å²) in [7, 11) is 1.38. The van der Waals surface area contributed by atoms with Crippen molar-refractivity contribution < 1.29 is 9.63 Å². The van der Waals surface area contributed by atoms with Crippen molar-refractivity contribution in [1.82, 2.24) is 15.3 Å². The first-order chi connectivity index (χ1) is 8.45. The van der Waals surface area contributed by atoms with Crippen molar-refractivity contribution in [2.45, 2.75) is 27.3 Å². The third-order valence-corrected chi connectivity index (χ3v) is 2.65. The van der Waals surface area contributed by atoms with E-state index < -0.39 is 0 Å². The van der Waals surface area contributed by atoms with Crippen molar-refractivity contribution in [1.29, 1.82) is 0 Å². The zero-order valence-corrected chi connectivity index (χ0v) is 11.8. The maximum atomic E-state index is 11.2. The van der Waals surface area contributed by atoms with Crippen LogP contribution in [0.15, 0.2) is 6.08 Å². The molecule has 0 atom stereocenters. The van der Waals surface area contributed by atoms with Gasteiger partial charge in [-0.15, -0.1) is 0 Å². The molecule has 1 aromatic heterocycles. The summed E-state index contributed by atoms with van der Waals surface area (Å²) in [6, 6.07) is 0. The Kier molecular flexibility index (Phi) is 5.37. The van der Waals surface area contributed by atoms with Gasteiger partial charge in [-0.2, -0.15) is 5.10 Å². The van der Waals surface area contributed by atoms with Crippen LogP contribution in [0.25, 0.3) is 6.08 Å². The second-order valence-electron chi connectivity index (χ2n) is 4.37. The van der Waals surface area contributed by atoms with Gasteiger partial charge in [0.2, 0.25) is 0 Å². The van der Waals surface area contributed by atoms with Crippen LogP contribution in [0.5, 0.6) is 0 Å². The molecule has 0 aliphatic carbocycles. The van der Waals surface area contributed by atoms with Crippen LogP contribution in [0.3, 0.4) is 0 Å². The predicted octanol–water partition coefficient (Wildman–Crippen LogP) is 2.19. The highest BCUT2D eigenvalue weighted by Crippen LogP contribution is 2.22. The molecule has 1 heterocycles. The first-order valence-corrected chi connectivity index (χ1v) is 6.07. The van der Waals surface area contributed by atoms with E-state index in [0.717, 1.165) is 17.8 Å². The second kappa shape index (κ2) is 6.56. The number of carbonyl (C=O) groups excluding carboxylic acids is 1. The standard InChI is InChI=1S/C12H18ClN3O2/c1-8(2)7-16-12(13)10(9(3)14-16)5-6-11(17)15-18-4/h5-6,8H,7H2,1-4H3,(H,15,17)/b6-5+. The molecule has 0 saturated carbocycles. The van der Waals surface area contributed by atoms with Crippen LogP contribution in [-0.4, -0.2) is 22.8 Å². The fourth-order valence-electron chi connectivity index (χ4n) is 1.52. The Morgan fingerprint density at radius 2 is 2.28 bits per heavy atom. The number of hydrogen-bond acceptors (Lipinski definition) is 3. The summed E-state index contributed by atoms with van der Waals surface area (Å²) in [5.74, 6) is 0.111. The summed E-state index contributed by atoms with van der Waals surface area (Å²) in [4.78, 5) is 15.7. The lowest BCUT2D eigenvalue weighted by molar-refractivity contribution is -0.126. The molecule has 1 amide bonds. The van der Waals surface area contributed by atoms with Crippen molar-refractivity contribution in [3.05, 3.63) is 22.5 Å². The molecule has 1 aromatic rings. The molecule has 0 radical (unpaired) electrons. The molecule has 6 heteroatoms. The average molecular weight is 272 g/mol. The fraction of sp³-hybridized carbons (Fsp3) is 0.500. The van der Waals surface area contributed by atoms with E-state index in [0.29, 0.717) is 11.1 Å². The largest absolute Gasteiger partial charge is 0.277 e. The van der Waals surface area contributed by atoms with Gasteiger partial charge in [0.15, 0.2) is 0 Å². The van der Waals surface area contributed by atoms with Gasteiger partial charge in [0.1, 0.15) is 5.15 Å². The molecule has 1 N–H and O–H groups in total. The molecule has 0 aliphatic heterocycles. The van der Waals surface area contributed by atoms with Crippen LogP contribution in [-0.2, 0) is 16.2 Å². The fourth-order valence-corrected chi connectivity index (χ4v) is 1.82. The molecule has 0 unspecified atom stereocenters. The molecule has 0 saturated heterocycles. The Morgan fingerprint density at radius 3 is 2.83 bits per heavy atom. The molecule has 1 rings (SSSR count). The van der Waals surface area contributed by atoms with Crippen molar-refractivity contribution in [3.63, 3.8) is 0 Å². The molecule has 0 aliphatic rings. The highest BCUT2D eigenvalue weighted by molar-refractivity contribution is 6.31. The molecule has 100 valence electrons. The van der Waals surface area contributed by atoms with Gasteiger partial charge in [0.05, 0.1) is 12.8 Å². The predicted molar refractivity (Wildman–Crippen MR) is 71.0 cm³/mol. The number of aromatic nitrogens is 2. The molecular weight excluding hydrogens is 254 g/mol. The van der Waals surface area contributed by atoms with Crippen molar-refractivity contribution in [2.24, 2.45) is 5.92 Å². The minimum atomic E-state index is -0.343. The first kappa shape index (κ1) is 14.7. The van der Waals surface area contributed by atoms with E-state index in [1.165, 1.54) is 13.2 Å². The molecule has 0 fully saturated rings. The quantitative estimate of drug-likeness (QED) is 0.660. The van der Waals surface area contributed by atoms with E-state index in [1.54, 1.807) is 10.8 Å². The van der Waals surface area contributed by atoms with Gasteiger partial charge in [0.25, 0.3) is 5.91 Å². The monoisotopic (exact) mass is 271 g/mol. The summed E-state index contributed by atoms with van der Waals surface area (Å²) in [6.45, 7) is 6.79. The zero-order chi connectivity index (χ0) is 13.7. The average Bonchev–Trinajstić information content (AvgIpc) is 2.52. The Hall–Kier alpha value is -1.33. The normalized spacial score (nSPS) is 11.4. The topological polar surface area (TPSA) is 56.1 Å². The number of rotatable bonds is 5. The van der Waals surface area contributed by atoms with E-state index in [4.69, 9.17) is 11.6 Å². The number of amides is 1. The highest BCUT2D eigenvalue weighted by atomic mass is 35.5. The summed E-state index contributed by atoms with van der Waals surface area (Å²) in [5, 5.41) is 4.89. The second-order valence-corrected chi connectivity index (χ2v) is 4.73. The first-order valence-electron chi connectivity index (χ1n) is 5.69. The minimum absolute atomic E-state index is 0.343. The van der Waals surface area contributed by atoms with Crippen LogP contribution in [0.1, 0.15) is 25.1 Å². The Labute approximate surface area is 112 Å². The Bertz CT molecular complexity index is 452. The molecule has 5 nitrogen and oxygen atoms in total. The summed E-state index contributed by atoms with van der Waals surface area (Å²) >= 11 is 6.22. The molecular formula is C12H18ClN3O2. The van der Waals surface area contributed by atoms with Crippen LogP contribution >= 0.6 is 11.6 Å². The van der Waals surface area contributed by atoms with Crippen LogP contribution < -0.4 is 5.48 Å². The number of nitrogens with one attached hydrogen (secondary N) is 1. The Morgan fingerprint density at radius 1 is 1.61 bits per heavy atom. The number of aryl methyl sites for hydroxylation is 1. The van der Waals surface area contributed by atoms with E-state index >= 15 is 0 Å². The van der Waals surface area contributed by atoms with E-state index in [1.807, 2.05) is 6.92 Å². The SMILES string of the molecule is CONC(=O)/C=C/c1c(C)nn(CC(C)C)c1Cl. The summed E-state index contributed by atoms with van der Waals surface area (Å²) in [6.07, 6.45) is 2.99. The highest BCUT2D eigenvalue weighted by Gasteiger charge is 2.12. The molecule has 18 heavy (non-hydrogen) atoms. The lowest BCUT2D eigenvalue weighted by Crippen LogP contribution is -2.18. The lowest BCUT2D eigenvalue weighted by Gasteiger charge is -2.05. The summed E-state index contributed by atoms with van der Waals surface area (Å²) < 4.78 is 1.75. The number of carbonyl (C=O) groups is 1. The van der Waals surface area contributed by atoms with E-state index in [2.05, 4.69) is 29.3 Å². The maximum absolute atomic E-state index is 11.2. The number of hydrogen-bond donors (Lipinski definition) is 1. The van der Waals surface area contributed by atoms with Gasteiger partial charge < -0.3 is 0 Å². The van der Waals surface area contributed by atoms with Crippen LogP contribution in [0.4, 0.5) is 0 Å². The van der Waals surface area contributed by atoms with Crippen LogP contribution in [0.2, 0.25) is 5.15 Å². The van der Waals surface area contributed by atoms with Gasteiger partial charge in [-0.05, 0) is 18.9 Å². The lowest BCUT2D eigenvalue weighted by atomic mass is 10.2. The molecule has 0 bridgehead atoms. The third kappa shape index (κ3) is 3.85. The van der Waals surface area contributed by atoms with Crippen molar-refractivity contribution in [3.8, 4) is 0 Å². The maximum Gasteiger partial charge on any atom is 0.267 e. The smallest absolute Gasteiger partial charge is 0.267 e. The van der Waals surface area contributed by atoms with Gasteiger partial charge >= 0.3 is 0 Å². The molecule has 0 spiro atoms. The van der Waals surface area contributed by atoms with Gasteiger partial charge in [-0.25, -0.2) is 5.48 Å². The van der Waals surface area contributed by atoms with Crippen molar-refractivity contribution >= 4 is 23.6 Å².